The molecule has 1 aliphatic heterocycles. The molecule has 1 saturated carbocycles. The first-order chi connectivity index (χ1) is 15.7. The van der Waals surface area contributed by atoms with Crippen LogP contribution in [0.3, 0.4) is 0 Å². The molecule has 2 heterocycles. The summed E-state index contributed by atoms with van der Waals surface area (Å²) < 4.78 is 0. The maximum Gasteiger partial charge on any atom is 0.227 e. The number of piperazine rings is 1. The maximum atomic E-state index is 13.0. The fourth-order valence-electron chi connectivity index (χ4n) is 4.77. The molecule has 6 heteroatoms. The summed E-state index contributed by atoms with van der Waals surface area (Å²) in [5.41, 5.74) is 4.98. The molecule has 0 spiro atoms. The smallest absolute Gasteiger partial charge is 0.227 e. The molecule has 2 aromatic carbocycles. The normalized spacial score (nSPS) is 18.1. The molecular formula is C26H31N5O. The monoisotopic (exact) mass is 429 g/mol. The fraction of sp³-hybridized carbons (Fsp3) is 0.385. The van der Waals surface area contributed by atoms with E-state index in [-0.39, 0.29) is 11.8 Å². The number of nitrogens with zero attached hydrogens (tertiary/aromatic N) is 3. The van der Waals surface area contributed by atoms with Gasteiger partial charge in [0.15, 0.2) is 0 Å². The van der Waals surface area contributed by atoms with Crippen LogP contribution in [0.25, 0.3) is 23.1 Å². The van der Waals surface area contributed by atoms with Crippen LogP contribution in [0, 0.1) is 5.92 Å². The third-order valence-electron chi connectivity index (χ3n) is 6.77. The second kappa shape index (κ2) is 9.17. The van der Waals surface area contributed by atoms with E-state index >= 15 is 0 Å². The Balaban J connectivity index is 1.49. The summed E-state index contributed by atoms with van der Waals surface area (Å²) in [6.45, 7) is 3.93. The van der Waals surface area contributed by atoms with Gasteiger partial charge in [0.1, 0.15) is 0 Å². The largest absolute Gasteiger partial charge is 0.367 e. The van der Waals surface area contributed by atoms with Crippen molar-refractivity contribution < 1.29 is 4.79 Å². The average Bonchev–Trinajstić information content (AvgIpc) is 3.49. The Kier molecular flexibility index (Phi) is 5.95. The molecular weight excluding hydrogens is 398 g/mol. The number of fused-ring (bicyclic) bond motifs is 1. The van der Waals surface area contributed by atoms with E-state index < -0.39 is 0 Å². The molecule has 166 valence electrons. The van der Waals surface area contributed by atoms with Gasteiger partial charge in [-0.1, -0.05) is 49.2 Å². The number of aromatic nitrogens is 2. The Morgan fingerprint density at radius 3 is 2.56 bits per heavy atom. The summed E-state index contributed by atoms with van der Waals surface area (Å²) in [7, 11) is 2.16. The Bertz CT molecular complexity index is 1110. The molecule has 2 N–H and O–H groups in total. The average molecular weight is 430 g/mol. The van der Waals surface area contributed by atoms with Gasteiger partial charge >= 0.3 is 0 Å². The maximum absolute atomic E-state index is 13.0. The van der Waals surface area contributed by atoms with E-state index in [9.17, 15) is 4.79 Å². The lowest BCUT2D eigenvalue weighted by Gasteiger charge is -2.35. The highest BCUT2D eigenvalue weighted by atomic mass is 16.1. The van der Waals surface area contributed by atoms with Crippen LogP contribution < -0.4 is 10.2 Å². The van der Waals surface area contributed by atoms with Crippen molar-refractivity contribution >= 4 is 40.3 Å². The number of H-pyrrole nitrogens is 1. The van der Waals surface area contributed by atoms with Crippen molar-refractivity contribution in [3.05, 3.63) is 53.7 Å². The summed E-state index contributed by atoms with van der Waals surface area (Å²) in [6.07, 6.45) is 8.40. The second-order valence-electron chi connectivity index (χ2n) is 9.03. The number of carbonyl (C=O) groups excluding carboxylic acids is 1. The molecule has 0 unspecified atom stereocenters. The lowest BCUT2D eigenvalue weighted by molar-refractivity contribution is -0.119. The van der Waals surface area contributed by atoms with Gasteiger partial charge in [-0.2, -0.15) is 5.10 Å². The van der Waals surface area contributed by atoms with Crippen molar-refractivity contribution in [2.24, 2.45) is 5.92 Å². The van der Waals surface area contributed by atoms with Crippen LogP contribution >= 0.6 is 0 Å². The number of benzene rings is 2. The molecule has 1 saturated heterocycles. The number of carbonyl (C=O) groups is 1. The summed E-state index contributed by atoms with van der Waals surface area (Å²) in [5.74, 6) is 0.287. The third kappa shape index (κ3) is 4.41. The predicted molar refractivity (Wildman–Crippen MR) is 132 cm³/mol. The number of aromatic amines is 1. The number of anilines is 2. The molecule has 1 aliphatic carbocycles. The predicted octanol–water partition coefficient (Wildman–Crippen LogP) is 4.61. The number of likely N-dealkylation sites (N-methyl/N-ethyl adjacent to an activating group) is 1. The Morgan fingerprint density at radius 2 is 1.81 bits per heavy atom. The van der Waals surface area contributed by atoms with Gasteiger partial charge in [-0.25, -0.2) is 0 Å². The van der Waals surface area contributed by atoms with Gasteiger partial charge in [0, 0.05) is 37.5 Å². The topological polar surface area (TPSA) is 64.3 Å². The number of amides is 1. The van der Waals surface area contributed by atoms with E-state index in [1.807, 2.05) is 24.3 Å². The molecule has 2 aliphatic rings. The van der Waals surface area contributed by atoms with E-state index in [4.69, 9.17) is 0 Å². The van der Waals surface area contributed by atoms with E-state index in [2.05, 4.69) is 62.7 Å². The molecule has 3 aromatic rings. The minimum atomic E-state index is 0.132. The molecule has 1 amide bonds. The molecule has 0 atom stereocenters. The first-order valence-electron chi connectivity index (χ1n) is 11.7. The standard InChI is InChI=1S/C26H31N5O/c1-30-13-15-31(16-14-30)25-18-23-21(17-24(25)27-26(32)20-9-5-6-10-20)22(28-29-23)12-11-19-7-3-2-4-8-19/h2-4,7-8,11-12,17-18,20H,5-6,9-10,13-16H2,1H3,(H,27,32)(H,28,29). The molecule has 32 heavy (non-hydrogen) atoms. The lowest BCUT2D eigenvalue weighted by atomic mass is 10.1. The van der Waals surface area contributed by atoms with Gasteiger partial charge < -0.3 is 15.1 Å². The van der Waals surface area contributed by atoms with Crippen LogP contribution in [-0.2, 0) is 4.79 Å². The number of rotatable bonds is 5. The molecule has 0 bridgehead atoms. The summed E-state index contributed by atoms with van der Waals surface area (Å²) in [4.78, 5) is 17.7. The highest BCUT2D eigenvalue weighted by molar-refractivity contribution is 6.02. The number of nitrogens with one attached hydrogen (secondary N) is 2. The molecule has 1 aromatic heterocycles. The van der Waals surface area contributed by atoms with Gasteiger partial charge in [0.05, 0.1) is 22.6 Å². The van der Waals surface area contributed by atoms with E-state index in [1.54, 1.807) is 0 Å². The van der Waals surface area contributed by atoms with Crippen LogP contribution in [0.5, 0.6) is 0 Å². The Hall–Kier alpha value is -3.12. The zero-order valence-corrected chi connectivity index (χ0v) is 18.7. The van der Waals surface area contributed by atoms with Crippen molar-refractivity contribution in [1.82, 2.24) is 15.1 Å². The van der Waals surface area contributed by atoms with Crippen LogP contribution in [0.2, 0.25) is 0 Å². The van der Waals surface area contributed by atoms with E-state index in [0.29, 0.717) is 0 Å². The minimum absolute atomic E-state index is 0.132. The summed E-state index contributed by atoms with van der Waals surface area (Å²) in [6, 6.07) is 14.5. The first kappa shape index (κ1) is 20.8. The molecule has 5 rings (SSSR count). The first-order valence-corrected chi connectivity index (χ1v) is 11.7. The van der Waals surface area contributed by atoms with Crippen LogP contribution in [0.4, 0.5) is 11.4 Å². The molecule has 0 radical (unpaired) electrons. The second-order valence-corrected chi connectivity index (χ2v) is 9.03. The van der Waals surface area contributed by atoms with Gasteiger partial charge in [-0.3, -0.25) is 9.89 Å². The van der Waals surface area contributed by atoms with Gasteiger partial charge in [-0.05, 0) is 43.7 Å². The Labute approximate surface area is 189 Å². The summed E-state index contributed by atoms with van der Waals surface area (Å²) >= 11 is 0. The van der Waals surface area contributed by atoms with Crippen molar-refractivity contribution in [1.29, 1.82) is 0 Å². The van der Waals surface area contributed by atoms with Gasteiger partial charge in [0.25, 0.3) is 0 Å². The van der Waals surface area contributed by atoms with Gasteiger partial charge in [-0.15, -0.1) is 0 Å². The minimum Gasteiger partial charge on any atom is -0.367 e. The molecule has 2 fully saturated rings. The Morgan fingerprint density at radius 1 is 1.06 bits per heavy atom. The van der Waals surface area contributed by atoms with Crippen LogP contribution in [0.1, 0.15) is 36.9 Å². The summed E-state index contributed by atoms with van der Waals surface area (Å²) in [5, 5.41) is 12.1. The van der Waals surface area contributed by atoms with Crippen LogP contribution in [0.15, 0.2) is 42.5 Å². The van der Waals surface area contributed by atoms with Crippen molar-refractivity contribution in [3.63, 3.8) is 0 Å². The van der Waals surface area contributed by atoms with Gasteiger partial charge in [0.2, 0.25) is 5.91 Å². The fourth-order valence-corrected chi connectivity index (χ4v) is 4.77. The third-order valence-corrected chi connectivity index (χ3v) is 6.77. The zero-order chi connectivity index (χ0) is 21.9. The SMILES string of the molecule is CN1CCN(c2cc3[nH]nc(C=Cc4ccccc4)c3cc2NC(=O)C2CCCC2)CC1. The highest BCUT2D eigenvalue weighted by Gasteiger charge is 2.25. The lowest BCUT2D eigenvalue weighted by Crippen LogP contribution is -2.44. The van der Waals surface area contributed by atoms with Crippen molar-refractivity contribution in [2.45, 2.75) is 25.7 Å². The quantitative estimate of drug-likeness (QED) is 0.622. The highest BCUT2D eigenvalue weighted by Crippen LogP contribution is 2.35. The number of hydrogen-bond acceptors (Lipinski definition) is 4. The van der Waals surface area contributed by atoms with Crippen LogP contribution in [-0.4, -0.2) is 54.2 Å². The number of hydrogen-bond donors (Lipinski definition) is 2. The van der Waals surface area contributed by atoms with Crippen molar-refractivity contribution in [3.8, 4) is 0 Å². The van der Waals surface area contributed by atoms with Crippen molar-refractivity contribution in [2.75, 3.05) is 43.4 Å². The van der Waals surface area contributed by atoms with E-state index in [0.717, 1.165) is 85.4 Å². The molecule has 6 nitrogen and oxygen atoms in total. The zero-order valence-electron chi connectivity index (χ0n) is 18.7. The van der Waals surface area contributed by atoms with E-state index in [1.165, 1.54) is 0 Å².